The van der Waals surface area contributed by atoms with Crippen molar-refractivity contribution < 1.29 is 4.79 Å². The molecule has 20 heavy (non-hydrogen) atoms. The summed E-state index contributed by atoms with van der Waals surface area (Å²) >= 11 is 0. The Kier molecular flexibility index (Phi) is 6.73. The zero-order valence-corrected chi connectivity index (χ0v) is 13.4. The van der Waals surface area contributed by atoms with E-state index in [9.17, 15) is 4.79 Å². The van der Waals surface area contributed by atoms with Gasteiger partial charge < -0.3 is 10.2 Å². The SMILES string of the molecule is CC(C)NCCC(=O)N(C)Cc1ccc(C(C)C)cc1. The van der Waals surface area contributed by atoms with E-state index in [-0.39, 0.29) is 5.91 Å². The van der Waals surface area contributed by atoms with Gasteiger partial charge >= 0.3 is 0 Å². The van der Waals surface area contributed by atoms with Crippen molar-refractivity contribution in [3.8, 4) is 0 Å². The summed E-state index contributed by atoms with van der Waals surface area (Å²) < 4.78 is 0. The highest BCUT2D eigenvalue weighted by molar-refractivity contribution is 5.76. The van der Waals surface area contributed by atoms with Gasteiger partial charge in [-0.25, -0.2) is 0 Å². The molecule has 1 aromatic rings. The van der Waals surface area contributed by atoms with Crippen LogP contribution < -0.4 is 5.32 Å². The van der Waals surface area contributed by atoms with E-state index in [2.05, 4.69) is 57.3 Å². The average molecular weight is 276 g/mol. The second-order valence-electron chi connectivity index (χ2n) is 6.00. The monoisotopic (exact) mass is 276 g/mol. The van der Waals surface area contributed by atoms with Gasteiger partial charge in [-0.3, -0.25) is 4.79 Å². The van der Waals surface area contributed by atoms with Gasteiger partial charge in [-0.15, -0.1) is 0 Å². The molecule has 0 spiro atoms. The number of benzene rings is 1. The molecule has 1 amide bonds. The molecule has 3 heteroatoms. The highest BCUT2D eigenvalue weighted by Crippen LogP contribution is 2.15. The standard InChI is InChI=1S/C17H28N2O/c1-13(2)16-8-6-15(7-9-16)12-19(5)17(20)10-11-18-14(3)4/h6-9,13-14,18H,10-12H2,1-5H3. The summed E-state index contributed by atoms with van der Waals surface area (Å²) in [6.45, 7) is 9.97. The minimum absolute atomic E-state index is 0.186. The normalized spacial score (nSPS) is 11.2. The van der Waals surface area contributed by atoms with Crippen LogP contribution in [0.5, 0.6) is 0 Å². The third-order valence-electron chi connectivity index (χ3n) is 3.38. The number of nitrogens with zero attached hydrogens (tertiary/aromatic N) is 1. The van der Waals surface area contributed by atoms with Crippen LogP contribution in [0.4, 0.5) is 0 Å². The topological polar surface area (TPSA) is 32.3 Å². The minimum Gasteiger partial charge on any atom is -0.341 e. The van der Waals surface area contributed by atoms with Crippen molar-refractivity contribution in [2.24, 2.45) is 0 Å². The lowest BCUT2D eigenvalue weighted by atomic mass is 10.0. The van der Waals surface area contributed by atoms with Crippen LogP contribution in [0.25, 0.3) is 0 Å². The summed E-state index contributed by atoms with van der Waals surface area (Å²) in [5, 5.41) is 3.27. The van der Waals surface area contributed by atoms with Crippen LogP contribution in [0.3, 0.4) is 0 Å². The Bertz CT molecular complexity index is 410. The Morgan fingerprint density at radius 3 is 2.25 bits per heavy atom. The second kappa shape index (κ2) is 8.05. The molecular formula is C17H28N2O. The van der Waals surface area contributed by atoms with Crippen LogP contribution in [0.15, 0.2) is 24.3 Å². The van der Waals surface area contributed by atoms with Crippen molar-refractivity contribution in [1.29, 1.82) is 0 Å². The average Bonchev–Trinajstić information content (AvgIpc) is 2.38. The first kappa shape index (κ1) is 16.7. The molecule has 1 N–H and O–H groups in total. The van der Waals surface area contributed by atoms with Crippen LogP contribution in [-0.2, 0) is 11.3 Å². The van der Waals surface area contributed by atoms with Gasteiger partial charge in [0, 0.05) is 32.6 Å². The largest absolute Gasteiger partial charge is 0.341 e. The van der Waals surface area contributed by atoms with E-state index in [1.54, 1.807) is 4.90 Å². The number of nitrogens with one attached hydrogen (secondary N) is 1. The van der Waals surface area contributed by atoms with Gasteiger partial charge in [0.15, 0.2) is 0 Å². The summed E-state index contributed by atoms with van der Waals surface area (Å²) in [4.78, 5) is 13.8. The predicted molar refractivity (Wildman–Crippen MR) is 84.8 cm³/mol. The fraction of sp³-hybridized carbons (Fsp3) is 0.588. The van der Waals surface area contributed by atoms with Crippen molar-refractivity contribution >= 4 is 5.91 Å². The van der Waals surface area contributed by atoms with Crippen LogP contribution in [0, 0.1) is 0 Å². The molecule has 1 aromatic carbocycles. The van der Waals surface area contributed by atoms with Crippen molar-refractivity contribution in [3.05, 3.63) is 35.4 Å². The van der Waals surface area contributed by atoms with Gasteiger partial charge in [-0.2, -0.15) is 0 Å². The minimum atomic E-state index is 0.186. The first-order chi connectivity index (χ1) is 9.40. The van der Waals surface area contributed by atoms with E-state index in [1.165, 1.54) is 11.1 Å². The van der Waals surface area contributed by atoms with Gasteiger partial charge in [-0.05, 0) is 17.0 Å². The molecule has 0 heterocycles. The lowest BCUT2D eigenvalue weighted by Crippen LogP contribution is -2.31. The summed E-state index contributed by atoms with van der Waals surface area (Å²) in [5.74, 6) is 0.733. The summed E-state index contributed by atoms with van der Waals surface area (Å²) in [6, 6.07) is 8.96. The third-order valence-corrected chi connectivity index (χ3v) is 3.38. The lowest BCUT2D eigenvalue weighted by molar-refractivity contribution is -0.130. The van der Waals surface area contributed by atoms with Gasteiger partial charge in [-0.1, -0.05) is 52.0 Å². The second-order valence-corrected chi connectivity index (χ2v) is 6.00. The van der Waals surface area contributed by atoms with Gasteiger partial charge in [0.25, 0.3) is 0 Å². The maximum absolute atomic E-state index is 12.0. The molecule has 0 radical (unpaired) electrons. The van der Waals surface area contributed by atoms with E-state index in [4.69, 9.17) is 0 Å². The Hall–Kier alpha value is -1.35. The number of carbonyl (C=O) groups excluding carboxylic acids is 1. The fourth-order valence-corrected chi connectivity index (χ4v) is 2.03. The Balaban J connectivity index is 2.44. The molecule has 0 fully saturated rings. The lowest BCUT2D eigenvalue weighted by Gasteiger charge is -2.18. The van der Waals surface area contributed by atoms with E-state index in [1.807, 2.05) is 7.05 Å². The molecule has 0 atom stereocenters. The number of amides is 1. The third kappa shape index (κ3) is 5.74. The number of hydrogen-bond acceptors (Lipinski definition) is 2. The van der Waals surface area contributed by atoms with Crippen molar-refractivity contribution in [2.75, 3.05) is 13.6 Å². The number of hydrogen-bond donors (Lipinski definition) is 1. The highest BCUT2D eigenvalue weighted by Gasteiger charge is 2.09. The maximum atomic E-state index is 12.0. The molecular weight excluding hydrogens is 248 g/mol. The zero-order valence-electron chi connectivity index (χ0n) is 13.4. The first-order valence-electron chi connectivity index (χ1n) is 7.46. The van der Waals surface area contributed by atoms with E-state index >= 15 is 0 Å². The summed E-state index contributed by atoms with van der Waals surface area (Å²) in [6.07, 6.45) is 0.554. The molecule has 0 aliphatic carbocycles. The first-order valence-corrected chi connectivity index (χ1v) is 7.46. The van der Waals surface area contributed by atoms with Gasteiger partial charge in [0.2, 0.25) is 5.91 Å². The Morgan fingerprint density at radius 1 is 1.15 bits per heavy atom. The Labute approximate surface area is 123 Å². The van der Waals surface area contributed by atoms with Crippen molar-refractivity contribution in [3.63, 3.8) is 0 Å². The summed E-state index contributed by atoms with van der Waals surface area (Å²) in [5.41, 5.74) is 2.52. The number of rotatable bonds is 7. The van der Waals surface area contributed by atoms with Crippen LogP contribution in [0.2, 0.25) is 0 Å². The predicted octanol–water partition coefficient (Wildman–Crippen LogP) is 3.16. The van der Waals surface area contributed by atoms with Gasteiger partial charge in [0.1, 0.15) is 0 Å². The molecule has 0 bridgehead atoms. The van der Waals surface area contributed by atoms with Crippen LogP contribution in [-0.4, -0.2) is 30.4 Å². The quantitative estimate of drug-likeness (QED) is 0.829. The Morgan fingerprint density at radius 2 is 1.75 bits per heavy atom. The molecule has 0 saturated heterocycles. The molecule has 3 nitrogen and oxygen atoms in total. The fourth-order valence-electron chi connectivity index (χ4n) is 2.03. The van der Waals surface area contributed by atoms with Gasteiger partial charge in [0.05, 0.1) is 0 Å². The van der Waals surface area contributed by atoms with Crippen LogP contribution in [0.1, 0.15) is 51.2 Å². The molecule has 0 aromatic heterocycles. The molecule has 0 aliphatic rings. The van der Waals surface area contributed by atoms with Crippen molar-refractivity contribution in [1.82, 2.24) is 10.2 Å². The van der Waals surface area contributed by atoms with Crippen LogP contribution >= 0.6 is 0 Å². The van der Waals surface area contributed by atoms with E-state index in [0.717, 1.165) is 6.54 Å². The molecule has 0 aliphatic heterocycles. The molecule has 1 rings (SSSR count). The summed E-state index contributed by atoms with van der Waals surface area (Å²) in [7, 11) is 1.87. The highest BCUT2D eigenvalue weighted by atomic mass is 16.2. The zero-order chi connectivity index (χ0) is 15.1. The maximum Gasteiger partial charge on any atom is 0.223 e. The molecule has 0 saturated carbocycles. The molecule has 0 unspecified atom stereocenters. The smallest absolute Gasteiger partial charge is 0.223 e. The van der Waals surface area contributed by atoms with E-state index in [0.29, 0.717) is 24.9 Å². The van der Waals surface area contributed by atoms with Crippen molar-refractivity contribution in [2.45, 2.75) is 52.6 Å². The number of carbonyl (C=O) groups is 1. The van der Waals surface area contributed by atoms with E-state index < -0.39 is 0 Å². The molecule has 112 valence electrons.